The lowest BCUT2D eigenvalue weighted by Crippen LogP contribution is -2.10. The van der Waals surface area contributed by atoms with Gasteiger partial charge in [0.15, 0.2) is 0 Å². The molecule has 0 unspecified atom stereocenters. The summed E-state index contributed by atoms with van der Waals surface area (Å²) in [6.07, 6.45) is 0. The Balaban J connectivity index is 1.78. The van der Waals surface area contributed by atoms with E-state index >= 15 is 0 Å². The molecule has 3 aromatic rings. The predicted octanol–water partition coefficient (Wildman–Crippen LogP) is 4.26. The van der Waals surface area contributed by atoms with E-state index in [-0.39, 0.29) is 17.0 Å². The molecule has 0 aliphatic rings. The Bertz CT molecular complexity index is 876. The first-order valence-electron chi connectivity index (χ1n) is 7.88. The van der Waals surface area contributed by atoms with Crippen LogP contribution in [0.4, 0.5) is 0 Å². The van der Waals surface area contributed by atoms with Crippen LogP contribution in [-0.2, 0) is 5.41 Å². The molecule has 3 rings (SSSR count). The van der Waals surface area contributed by atoms with Gasteiger partial charge in [-0.2, -0.15) is 0 Å². The maximum Gasteiger partial charge on any atom is 0.359 e. The predicted molar refractivity (Wildman–Crippen MR) is 94.0 cm³/mol. The number of carboxylic acid groups (broad SMARTS) is 1. The smallest absolute Gasteiger partial charge is 0.359 e. The zero-order valence-electron chi connectivity index (χ0n) is 14.3. The van der Waals surface area contributed by atoms with Gasteiger partial charge in [0.05, 0.1) is 0 Å². The van der Waals surface area contributed by atoms with Gasteiger partial charge < -0.3 is 9.84 Å². The molecule has 0 amide bonds. The van der Waals surface area contributed by atoms with Crippen LogP contribution in [0.15, 0.2) is 48.5 Å². The van der Waals surface area contributed by atoms with Crippen molar-refractivity contribution in [1.29, 1.82) is 0 Å². The summed E-state index contributed by atoms with van der Waals surface area (Å²) in [5.74, 6) is -0.739. The normalized spacial score (nSPS) is 11.3. The van der Waals surface area contributed by atoms with Gasteiger partial charge >= 0.3 is 5.97 Å². The number of aromatic amines is 1. The highest BCUT2D eigenvalue weighted by atomic mass is 16.5. The molecule has 25 heavy (non-hydrogen) atoms. The molecule has 0 saturated carbocycles. The van der Waals surface area contributed by atoms with E-state index in [0.717, 1.165) is 11.1 Å². The van der Waals surface area contributed by atoms with Gasteiger partial charge in [0.25, 0.3) is 5.88 Å². The molecule has 0 saturated heterocycles. The molecule has 0 atom stereocenters. The second-order valence-electron chi connectivity index (χ2n) is 6.75. The van der Waals surface area contributed by atoms with Gasteiger partial charge in [-0.1, -0.05) is 67.5 Å². The molecular weight excluding hydrogens is 318 g/mol. The topological polar surface area (TPSA) is 88.1 Å². The molecule has 6 nitrogen and oxygen atoms in total. The molecular formula is C19H19N3O3. The second-order valence-corrected chi connectivity index (χ2v) is 6.75. The molecule has 128 valence electrons. The largest absolute Gasteiger partial charge is 0.476 e. The summed E-state index contributed by atoms with van der Waals surface area (Å²) >= 11 is 0. The van der Waals surface area contributed by atoms with Gasteiger partial charge in [0, 0.05) is 0 Å². The number of hydrogen-bond acceptors (Lipinski definition) is 4. The molecule has 1 aromatic heterocycles. The number of rotatable bonds is 4. The number of carboxylic acids is 1. The van der Waals surface area contributed by atoms with Gasteiger partial charge in [-0.25, -0.2) is 9.89 Å². The number of aromatic carboxylic acids is 1. The first-order chi connectivity index (χ1) is 11.8. The third-order valence-electron chi connectivity index (χ3n) is 3.88. The van der Waals surface area contributed by atoms with Gasteiger partial charge in [-0.15, -0.1) is 0 Å². The number of nitrogens with zero attached hydrogens (tertiary/aromatic N) is 2. The molecule has 6 heteroatoms. The molecule has 0 bridgehead atoms. The van der Waals surface area contributed by atoms with Crippen molar-refractivity contribution in [2.45, 2.75) is 26.2 Å². The minimum absolute atomic E-state index is 0.0604. The summed E-state index contributed by atoms with van der Waals surface area (Å²) in [6.45, 7) is 6.55. The summed E-state index contributed by atoms with van der Waals surface area (Å²) in [5, 5.41) is 18.4. The summed E-state index contributed by atoms with van der Waals surface area (Å²) in [6, 6.07) is 15.8. The third-order valence-corrected chi connectivity index (χ3v) is 3.88. The van der Waals surface area contributed by atoms with Gasteiger partial charge in [0.2, 0.25) is 5.69 Å². The molecule has 0 spiro atoms. The van der Waals surface area contributed by atoms with Gasteiger partial charge in [-0.05, 0) is 34.2 Å². The van der Waals surface area contributed by atoms with Crippen LogP contribution in [0, 0.1) is 0 Å². The van der Waals surface area contributed by atoms with Gasteiger partial charge in [0.1, 0.15) is 5.75 Å². The minimum atomic E-state index is -1.17. The first-order valence-corrected chi connectivity index (χ1v) is 7.88. The van der Waals surface area contributed by atoms with Crippen molar-refractivity contribution in [2.24, 2.45) is 0 Å². The number of ether oxygens (including phenoxy) is 1. The summed E-state index contributed by atoms with van der Waals surface area (Å²) in [7, 11) is 0. The number of hydrogen-bond donors (Lipinski definition) is 2. The van der Waals surface area contributed by atoms with Crippen molar-refractivity contribution in [2.75, 3.05) is 0 Å². The quantitative estimate of drug-likeness (QED) is 0.742. The van der Waals surface area contributed by atoms with E-state index in [2.05, 4.69) is 60.4 Å². The van der Waals surface area contributed by atoms with Crippen LogP contribution in [0.3, 0.4) is 0 Å². The molecule has 0 aliphatic heterocycles. The SMILES string of the molecule is CC(C)(C)c1ccc(-c2ccc(Oc3nn[nH]c3C(=O)O)cc2)cc1. The zero-order chi connectivity index (χ0) is 18.0. The Kier molecular flexibility index (Phi) is 4.27. The van der Waals surface area contributed by atoms with E-state index in [1.165, 1.54) is 5.56 Å². The van der Waals surface area contributed by atoms with E-state index in [9.17, 15) is 4.79 Å². The lowest BCUT2D eigenvalue weighted by Gasteiger charge is -2.19. The Hall–Kier alpha value is -3.15. The molecule has 0 fully saturated rings. The lowest BCUT2D eigenvalue weighted by atomic mass is 9.86. The van der Waals surface area contributed by atoms with Crippen LogP contribution in [-0.4, -0.2) is 26.5 Å². The van der Waals surface area contributed by atoms with Crippen LogP contribution < -0.4 is 4.74 Å². The van der Waals surface area contributed by atoms with Crippen molar-refractivity contribution >= 4 is 5.97 Å². The fraction of sp³-hybridized carbons (Fsp3) is 0.211. The van der Waals surface area contributed by atoms with E-state index in [4.69, 9.17) is 9.84 Å². The van der Waals surface area contributed by atoms with Crippen LogP contribution in [0.25, 0.3) is 11.1 Å². The molecule has 2 N–H and O–H groups in total. The van der Waals surface area contributed by atoms with Crippen LogP contribution >= 0.6 is 0 Å². The Labute approximate surface area is 145 Å². The molecule has 2 aromatic carbocycles. The average molecular weight is 337 g/mol. The fourth-order valence-electron chi connectivity index (χ4n) is 2.42. The number of nitrogens with one attached hydrogen (secondary N) is 1. The van der Waals surface area contributed by atoms with E-state index in [0.29, 0.717) is 5.75 Å². The van der Waals surface area contributed by atoms with Crippen molar-refractivity contribution in [3.05, 3.63) is 59.8 Å². The van der Waals surface area contributed by atoms with Crippen LogP contribution in [0.1, 0.15) is 36.8 Å². The third kappa shape index (κ3) is 3.68. The zero-order valence-corrected chi connectivity index (χ0v) is 14.3. The van der Waals surface area contributed by atoms with E-state index in [1.54, 1.807) is 12.1 Å². The second kappa shape index (κ2) is 6.39. The van der Waals surface area contributed by atoms with Crippen molar-refractivity contribution in [3.63, 3.8) is 0 Å². The Morgan fingerprint density at radius 2 is 1.56 bits per heavy atom. The minimum Gasteiger partial charge on any atom is -0.476 e. The molecule has 0 radical (unpaired) electrons. The van der Waals surface area contributed by atoms with Crippen molar-refractivity contribution in [1.82, 2.24) is 15.4 Å². The van der Waals surface area contributed by atoms with Crippen molar-refractivity contribution in [3.8, 4) is 22.8 Å². The summed E-state index contributed by atoms with van der Waals surface area (Å²) < 4.78 is 5.48. The number of benzene rings is 2. The number of aromatic nitrogens is 3. The van der Waals surface area contributed by atoms with Crippen LogP contribution in [0.5, 0.6) is 11.6 Å². The number of carbonyl (C=O) groups is 1. The molecule has 0 aliphatic carbocycles. The Morgan fingerprint density at radius 1 is 1.00 bits per heavy atom. The fourth-order valence-corrected chi connectivity index (χ4v) is 2.42. The van der Waals surface area contributed by atoms with E-state index < -0.39 is 5.97 Å². The summed E-state index contributed by atoms with van der Waals surface area (Å²) in [5.41, 5.74) is 3.37. The monoisotopic (exact) mass is 337 g/mol. The highest BCUT2D eigenvalue weighted by Crippen LogP contribution is 2.28. The number of H-pyrrole nitrogens is 1. The highest BCUT2D eigenvalue weighted by molar-refractivity contribution is 5.87. The maximum atomic E-state index is 11.0. The lowest BCUT2D eigenvalue weighted by molar-refractivity contribution is 0.0687. The average Bonchev–Trinajstić information content (AvgIpc) is 3.03. The van der Waals surface area contributed by atoms with Crippen LogP contribution in [0.2, 0.25) is 0 Å². The maximum absolute atomic E-state index is 11.0. The van der Waals surface area contributed by atoms with Crippen molar-refractivity contribution < 1.29 is 14.6 Å². The summed E-state index contributed by atoms with van der Waals surface area (Å²) in [4.78, 5) is 11.0. The molecule has 1 heterocycles. The standard InChI is InChI=1S/C19H19N3O3/c1-19(2,3)14-8-4-12(5-9-14)13-6-10-15(11-7-13)25-17-16(18(23)24)20-22-21-17/h4-11H,1-3H3,(H,23,24)(H,20,21,22). The Morgan fingerprint density at radius 3 is 2.08 bits per heavy atom. The van der Waals surface area contributed by atoms with E-state index in [1.807, 2.05) is 12.1 Å². The highest BCUT2D eigenvalue weighted by Gasteiger charge is 2.16. The van der Waals surface area contributed by atoms with Gasteiger partial charge in [-0.3, -0.25) is 0 Å². The first kappa shape index (κ1) is 16.7.